The molecule has 3 heteroatoms. The third-order valence-corrected chi connectivity index (χ3v) is 2.90. The van der Waals surface area contributed by atoms with Crippen LogP contribution in [0.4, 0.5) is 0 Å². The number of hydrogen-bond donors (Lipinski definition) is 0. The molecule has 1 radical (unpaired) electrons. The molecule has 0 atom stereocenters. The van der Waals surface area contributed by atoms with Crippen molar-refractivity contribution in [3.8, 4) is 0 Å². The first kappa shape index (κ1) is 19.6. The van der Waals surface area contributed by atoms with Crippen molar-refractivity contribution in [2.24, 2.45) is 0 Å². The van der Waals surface area contributed by atoms with E-state index in [-0.39, 0.29) is 51.0 Å². The molecule has 2 aromatic rings. The smallest absolute Gasteiger partial charge is 1.00 e. The quantitative estimate of drug-likeness (QED) is 0.540. The van der Waals surface area contributed by atoms with E-state index in [1.165, 1.54) is 27.5 Å². The van der Waals surface area contributed by atoms with E-state index in [2.05, 4.69) is 52.0 Å². The molecule has 2 rings (SSSR count). The Hall–Kier alpha value is 0.293. The van der Waals surface area contributed by atoms with E-state index in [1.54, 1.807) is 0 Å². The maximum absolute atomic E-state index is 2.30. The molecule has 0 aromatic heterocycles. The molecule has 0 fully saturated rings. The number of halogens is 2. The van der Waals surface area contributed by atoms with Gasteiger partial charge < -0.3 is 24.8 Å². The zero-order chi connectivity index (χ0) is 10.3. The standard InChI is InChI=1S/C14H17.2ClH.Zr/c1-9(2)12-6-5-11(4)13-7-10(3)8-14(12)13;;;/h5-9H,1-4H3;2*1H;/q-1;;;+3/p-2. The predicted molar refractivity (Wildman–Crippen MR) is 63.1 cm³/mol. The van der Waals surface area contributed by atoms with Crippen molar-refractivity contribution in [1.82, 2.24) is 0 Å². The van der Waals surface area contributed by atoms with E-state index in [0.29, 0.717) is 5.92 Å². The van der Waals surface area contributed by atoms with Gasteiger partial charge >= 0.3 is 26.2 Å². The Bertz CT molecular complexity index is 472. The van der Waals surface area contributed by atoms with Gasteiger partial charge in [-0.1, -0.05) is 39.3 Å². The fourth-order valence-corrected chi connectivity index (χ4v) is 2.12. The fourth-order valence-electron chi connectivity index (χ4n) is 2.12. The van der Waals surface area contributed by atoms with Crippen LogP contribution in [-0.4, -0.2) is 0 Å². The Morgan fingerprint density at radius 3 is 2.18 bits per heavy atom. The zero-order valence-electron chi connectivity index (χ0n) is 10.6. The van der Waals surface area contributed by atoms with Crippen molar-refractivity contribution in [3.63, 3.8) is 0 Å². The second kappa shape index (κ2) is 7.67. The maximum Gasteiger partial charge on any atom is 3.00 e. The summed E-state index contributed by atoms with van der Waals surface area (Å²) in [5.74, 6) is 0.611. The van der Waals surface area contributed by atoms with E-state index in [1.807, 2.05) is 0 Å². The van der Waals surface area contributed by atoms with Crippen LogP contribution in [0.2, 0.25) is 0 Å². The normalized spacial score (nSPS) is 9.47. The van der Waals surface area contributed by atoms with Gasteiger partial charge in [-0.3, -0.25) is 0 Å². The molecular weight excluding hydrogens is 330 g/mol. The van der Waals surface area contributed by atoms with E-state index in [4.69, 9.17) is 0 Å². The Labute approximate surface area is 135 Å². The summed E-state index contributed by atoms with van der Waals surface area (Å²) in [6, 6.07) is 9.09. The third-order valence-electron chi connectivity index (χ3n) is 2.90. The van der Waals surface area contributed by atoms with Crippen molar-refractivity contribution in [1.29, 1.82) is 0 Å². The van der Waals surface area contributed by atoms with Crippen molar-refractivity contribution in [2.75, 3.05) is 0 Å². The Kier molecular flexibility index (Phi) is 8.85. The average Bonchev–Trinajstić information content (AvgIpc) is 2.47. The summed E-state index contributed by atoms with van der Waals surface area (Å²) < 4.78 is 0. The minimum Gasteiger partial charge on any atom is -1.00 e. The van der Waals surface area contributed by atoms with Crippen LogP contribution in [0, 0.1) is 13.8 Å². The molecule has 0 spiro atoms. The molecule has 0 unspecified atom stereocenters. The second-order valence-electron chi connectivity index (χ2n) is 4.49. The number of rotatable bonds is 1. The number of benzene rings is 1. The van der Waals surface area contributed by atoms with Gasteiger partial charge in [-0.15, -0.1) is 34.0 Å². The van der Waals surface area contributed by atoms with E-state index in [0.717, 1.165) is 0 Å². The molecule has 0 saturated heterocycles. The Morgan fingerprint density at radius 1 is 1.06 bits per heavy atom. The van der Waals surface area contributed by atoms with Crippen LogP contribution in [0.25, 0.3) is 10.8 Å². The van der Waals surface area contributed by atoms with Gasteiger partial charge in [0.05, 0.1) is 0 Å². The van der Waals surface area contributed by atoms with E-state index < -0.39 is 0 Å². The van der Waals surface area contributed by atoms with Crippen LogP contribution < -0.4 is 24.8 Å². The van der Waals surface area contributed by atoms with Gasteiger partial charge in [0, 0.05) is 0 Å². The minimum atomic E-state index is 0. The molecule has 0 aliphatic rings. The minimum absolute atomic E-state index is 0. The Balaban J connectivity index is 0. The summed E-state index contributed by atoms with van der Waals surface area (Å²) in [5.41, 5.74) is 4.23. The predicted octanol–water partition coefficient (Wildman–Crippen LogP) is -1.70. The van der Waals surface area contributed by atoms with Gasteiger partial charge in [0.25, 0.3) is 0 Å². The van der Waals surface area contributed by atoms with E-state index >= 15 is 0 Å². The van der Waals surface area contributed by atoms with Gasteiger partial charge in [-0.05, 0) is 5.92 Å². The van der Waals surface area contributed by atoms with Gasteiger partial charge in [0.1, 0.15) is 0 Å². The first-order valence-electron chi connectivity index (χ1n) is 5.26. The second-order valence-corrected chi connectivity index (χ2v) is 4.49. The molecule has 91 valence electrons. The average molecular weight is 347 g/mol. The largest absolute Gasteiger partial charge is 3.00 e. The molecule has 2 aromatic carbocycles. The molecule has 0 bridgehead atoms. The fraction of sp³-hybridized carbons (Fsp3) is 0.357. The van der Waals surface area contributed by atoms with Crippen molar-refractivity contribution >= 4 is 10.8 Å². The first-order valence-corrected chi connectivity index (χ1v) is 5.26. The summed E-state index contributed by atoms with van der Waals surface area (Å²) >= 11 is 0. The SMILES string of the molecule is Cc1cc2c(C(C)C)ccc(C)c2[cH-]1.[Cl-].[Cl-].[Zr+3]. The molecule has 0 amide bonds. The monoisotopic (exact) mass is 345 g/mol. The summed E-state index contributed by atoms with van der Waals surface area (Å²) in [6.45, 7) is 8.87. The topological polar surface area (TPSA) is 0 Å². The van der Waals surface area contributed by atoms with Crippen LogP contribution in [0.5, 0.6) is 0 Å². The third kappa shape index (κ3) is 3.88. The van der Waals surface area contributed by atoms with Gasteiger partial charge in [-0.2, -0.15) is 6.07 Å². The van der Waals surface area contributed by atoms with Crippen molar-refractivity contribution < 1.29 is 51.0 Å². The van der Waals surface area contributed by atoms with Crippen LogP contribution in [-0.2, 0) is 26.2 Å². The van der Waals surface area contributed by atoms with Gasteiger partial charge in [0.2, 0.25) is 0 Å². The summed E-state index contributed by atoms with van der Waals surface area (Å²) in [5, 5.41) is 2.87. The Morgan fingerprint density at radius 2 is 1.65 bits per heavy atom. The molecular formula is C14H17Cl2Zr. The van der Waals surface area contributed by atoms with Crippen LogP contribution in [0.1, 0.15) is 36.5 Å². The van der Waals surface area contributed by atoms with Crippen molar-refractivity contribution in [2.45, 2.75) is 33.6 Å². The molecule has 0 nitrogen and oxygen atoms in total. The number of fused-ring (bicyclic) bond motifs is 1. The molecule has 0 saturated carbocycles. The first-order chi connectivity index (χ1) is 6.59. The van der Waals surface area contributed by atoms with Gasteiger partial charge in [0.15, 0.2) is 0 Å². The number of aryl methyl sites for hydroxylation is 2. The summed E-state index contributed by atoms with van der Waals surface area (Å²) in [7, 11) is 0. The summed E-state index contributed by atoms with van der Waals surface area (Å²) in [4.78, 5) is 0. The molecule has 17 heavy (non-hydrogen) atoms. The molecule has 0 heterocycles. The molecule has 0 aliphatic carbocycles. The van der Waals surface area contributed by atoms with Crippen LogP contribution >= 0.6 is 0 Å². The van der Waals surface area contributed by atoms with Crippen LogP contribution in [0.15, 0.2) is 24.3 Å². The molecule has 0 aliphatic heterocycles. The van der Waals surface area contributed by atoms with Crippen LogP contribution in [0.3, 0.4) is 0 Å². The van der Waals surface area contributed by atoms with E-state index in [9.17, 15) is 0 Å². The maximum atomic E-state index is 2.30. The van der Waals surface area contributed by atoms with Crippen molar-refractivity contribution in [3.05, 3.63) is 41.0 Å². The number of hydrogen-bond acceptors (Lipinski definition) is 0. The van der Waals surface area contributed by atoms with Gasteiger partial charge in [-0.25, -0.2) is 0 Å². The zero-order valence-corrected chi connectivity index (χ0v) is 14.6. The summed E-state index contributed by atoms with van der Waals surface area (Å²) in [6.07, 6.45) is 0. The molecule has 0 N–H and O–H groups in total.